The lowest BCUT2D eigenvalue weighted by molar-refractivity contribution is -0.143. The minimum absolute atomic E-state index is 0.133. The smallest absolute Gasteiger partial charge is 0.325 e. The first-order valence-electron chi connectivity index (χ1n) is 10.4. The minimum atomic E-state index is -0.445. The van der Waals surface area contributed by atoms with Gasteiger partial charge >= 0.3 is 5.97 Å². The lowest BCUT2D eigenvalue weighted by Gasteiger charge is -2.22. The van der Waals surface area contributed by atoms with Crippen LogP contribution in [0, 0.1) is 13.8 Å². The van der Waals surface area contributed by atoms with Gasteiger partial charge in [0, 0.05) is 24.6 Å². The minimum Gasteiger partial charge on any atom is -0.465 e. The molecule has 31 heavy (non-hydrogen) atoms. The molecule has 0 bridgehead atoms. The fourth-order valence-corrected chi connectivity index (χ4v) is 3.58. The van der Waals surface area contributed by atoms with Crippen molar-refractivity contribution in [2.45, 2.75) is 20.8 Å². The van der Waals surface area contributed by atoms with Crippen LogP contribution in [0.3, 0.4) is 0 Å². The summed E-state index contributed by atoms with van der Waals surface area (Å²) in [5.74, 6) is -0.699. The lowest BCUT2D eigenvalue weighted by atomic mass is 9.99. The van der Waals surface area contributed by atoms with Gasteiger partial charge in [-0.2, -0.15) is 0 Å². The van der Waals surface area contributed by atoms with Gasteiger partial charge in [0.05, 0.1) is 30.0 Å². The molecular weight excluding hydrogens is 392 g/mol. The van der Waals surface area contributed by atoms with Crippen molar-refractivity contribution in [3.05, 3.63) is 65.2 Å². The summed E-state index contributed by atoms with van der Waals surface area (Å²) in [6, 6.07) is 15.5. The fraction of sp³-hybridized carbons (Fsp3) is 0.320. The Morgan fingerprint density at radius 2 is 1.84 bits per heavy atom. The highest BCUT2D eigenvalue weighted by Gasteiger charge is 2.23. The summed E-state index contributed by atoms with van der Waals surface area (Å²) in [5.41, 5.74) is 5.18. The molecule has 0 aliphatic carbocycles. The molecule has 2 aromatic carbocycles. The Labute approximate surface area is 182 Å². The monoisotopic (exact) mass is 420 g/mol. The molecule has 0 aliphatic rings. The van der Waals surface area contributed by atoms with Gasteiger partial charge in [0.2, 0.25) is 0 Å². The molecule has 6 nitrogen and oxygen atoms in total. The predicted octanol–water partition coefficient (Wildman–Crippen LogP) is 4.17. The number of para-hydroxylation sites is 1. The highest BCUT2D eigenvalue weighted by molar-refractivity contribution is 6.08. The first kappa shape index (κ1) is 22.4. The Morgan fingerprint density at radius 1 is 1.06 bits per heavy atom. The number of hydrogen-bond donors (Lipinski definition) is 0. The molecule has 0 fully saturated rings. The molecule has 1 amide bonds. The van der Waals surface area contributed by atoms with Crippen molar-refractivity contribution in [2.75, 3.05) is 33.4 Å². The van der Waals surface area contributed by atoms with Crippen LogP contribution in [-0.2, 0) is 14.3 Å². The van der Waals surface area contributed by atoms with Gasteiger partial charge in [0.15, 0.2) is 0 Å². The van der Waals surface area contributed by atoms with Crippen LogP contribution in [0.5, 0.6) is 0 Å². The van der Waals surface area contributed by atoms with Crippen LogP contribution in [-0.4, -0.2) is 55.2 Å². The van der Waals surface area contributed by atoms with Gasteiger partial charge in [-0.3, -0.25) is 9.59 Å². The molecule has 3 aromatic rings. The molecule has 0 saturated heterocycles. The maximum Gasteiger partial charge on any atom is 0.325 e. The molecule has 1 aromatic heterocycles. The molecule has 1 heterocycles. The van der Waals surface area contributed by atoms with E-state index in [0.717, 1.165) is 27.7 Å². The number of ether oxygens (including phenoxy) is 2. The average molecular weight is 421 g/mol. The highest BCUT2D eigenvalue weighted by Crippen LogP contribution is 2.28. The number of carbonyl (C=O) groups is 2. The van der Waals surface area contributed by atoms with Crippen molar-refractivity contribution in [2.24, 2.45) is 0 Å². The zero-order chi connectivity index (χ0) is 22.4. The molecule has 0 N–H and O–H groups in total. The molecule has 3 rings (SSSR count). The third-order valence-corrected chi connectivity index (χ3v) is 5.08. The molecule has 0 aliphatic heterocycles. The third-order valence-electron chi connectivity index (χ3n) is 5.08. The third kappa shape index (κ3) is 5.27. The highest BCUT2D eigenvalue weighted by atomic mass is 16.5. The van der Waals surface area contributed by atoms with Crippen molar-refractivity contribution in [1.82, 2.24) is 9.88 Å². The number of benzene rings is 2. The van der Waals surface area contributed by atoms with Crippen LogP contribution in [0.1, 0.15) is 28.4 Å². The quantitative estimate of drug-likeness (QED) is 0.512. The zero-order valence-electron chi connectivity index (χ0n) is 18.5. The number of amides is 1. The van der Waals surface area contributed by atoms with Gasteiger partial charge in [-0.05, 0) is 38.5 Å². The number of carbonyl (C=O) groups excluding carboxylic acids is 2. The second kappa shape index (κ2) is 10.2. The zero-order valence-corrected chi connectivity index (χ0v) is 18.5. The van der Waals surface area contributed by atoms with E-state index in [1.54, 1.807) is 14.0 Å². The molecule has 0 atom stereocenters. The first-order chi connectivity index (χ1) is 14.9. The Balaban J connectivity index is 2.09. The SMILES string of the molecule is CCOC(=O)CN(CCOC)C(=O)c1cc(-c2ccc(C)cc2C)nc2ccccc12. The largest absolute Gasteiger partial charge is 0.465 e. The first-order valence-corrected chi connectivity index (χ1v) is 10.4. The van der Waals surface area contributed by atoms with E-state index in [2.05, 4.69) is 6.07 Å². The van der Waals surface area contributed by atoms with Crippen LogP contribution in [0.15, 0.2) is 48.5 Å². The van der Waals surface area contributed by atoms with E-state index in [9.17, 15) is 9.59 Å². The normalized spacial score (nSPS) is 10.8. The standard InChI is InChI=1S/C25H28N2O4/c1-5-31-24(28)16-27(12-13-30-4)25(29)21-15-23(19-11-10-17(2)14-18(19)3)26-22-9-7-6-8-20(21)22/h6-11,14-15H,5,12-13,16H2,1-4H3. The average Bonchev–Trinajstić information content (AvgIpc) is 2.75. The maximum absolute atomic E-state index is 13.6. The van der Waals surface area contributed by atoms with E-state index < -0.39 is 5.97 Å². The summed E-state index contributed by atoms with van der Waals surface area (Å²) < 4.78 is 10.2. The summed E-state index contributed by atoms with van der Waals surface area (Å²) in [6.45, 7) is 6.55. The number of esters is 1. The summed E-state index contributed by atoms with van der Waals surface area (Å²) in [5, 5.41) is 0.743. The van der Waals surface area contributed by atoms with Crippen molar-refractivity contribution < 1.29 is 19.1 Å². The number of aromatic nitrogens is 1. The van der Waals surface area contributed by atoms with E-state index in [-0.39, 0.29) is 25.6 Å². The number of aryl methyl sites for hydroxylation is 2. The Bertz CT molecular complexity index is 1090. The van der Waals surface area contributed by atoms with Gasteiger partial charge in [-0.25, -0.2) is 4.98 Å². The number of rotatable bonds is 8. The molecule has 0 unspecified atom stereocenters. The summed E-state index contributed by atoms with van der Waals surface area (Å²) in [7, 11) is 1.56. The topological polar surface area (TPSA) is 68.7 Å². The summed E-state index contributed by atoms with van der Waals surface area (Å²) >= 11 is 0. The number of nitrogens with zero attached hydrogens (tertiary/aromatic N) is 2. The second-order valence-electron chi connectivity index (χ2n) is 7.42. The van der Waals surface area contributed by atoms with Crippen molar-refractivity contribution in [3.63, 3.8) is 0 Å². The van der Waals surface area contributed by atoms with E-state index in [0.29, 0.717) is 12.2 Å². The lowest BCUT2D eigenvalue weighted by Crippen LogP contribution is -2.38. The molecular formula is C25H28N2O4. The van der Waals surface area contributed by atoms with E-state index in [1.165, 1.54) is 10.5 Å². The number of pyridine rings is 1. The number of methoxy groups -OCH3 is 1. The van der Waals surface area contributed by atoms with Crippen molar-refractivity contribution in [1.29, 1.82) is 0 Å². The van der Waals surface area contributed by atoms with Gasteiger partial charge in [-0.1, -0.05) is 42.0 Å². The van der Waals surface area contributed by atoms with Gasteiger partial charge < -0.3 is 14.4 Å². The Kier molecular flexibility index (Phi) is 7.36. The molecule has 162 valence electrons. The van der Waals surface area contributed by atoms with Crippen LogP contribution < -0.4 is 0 Å². The van der Waals surface area contributed by atoms with Gasteiger partial charge in [0.1, 0.15) is 6.54 Å². The van der Waals surface area contributed by atoms with Crippen molar-refractivity contribution in [3.8, 4) is 11.3 Å². The van der Waals surface area contributed by atoms with Crippen LogP contribution in [0.25, 0.3) is 22.2 Å². The molecule has 0 radical (unpaired) electrons. The van der Waals surface area contributed by atoms with Crippen molar-refractivity contribution >= 4 is 22.8 Å². The number of fused-ring (bicyclic) bond motifs is 1. The van der Waals surface area contributed by atoms with Crippen LogP contribution in [0.2, 0.25) is 0 Å². The fourth-order valence-electron chi connectivity index (χ4n) is 3.58. The Morgan fingerprint density at radius 3 is 2.55 bits per heavy atom. The summed E-state index contributed by atoms with van der Waals surface area (Å²) in [4.78, 5) is 31.9. The van der Waals surface area contributed by atoms with E-state index in [1.807, 2.05) is 56.3 Å². The molecule has 0 saturated carbocycles. The maximum atomic E-state index is 13.6. The van der Waals surface area contributed by atoms with Crippen LogP contribution >= 0.6 is 0 Å². The molecule has 0 spiro atoms. The van der Waals surface area contributed by atoms with E-state index >= 15 is 0 Å². The van der Waals surface area contributed by atoms with Gasteiger partial charge in [0.25, 0.3) is 5.91 Å². The van der Waals surface area contributed by atoms with E-state index in [4.69, 9.17) is 14.5 Å². The number of hydrogen-bond acceptors (Lipinski definition) is 5. The molecule has 6 heteroatoms. The Hall–Kier alpha value is -3.25. The van der Waals surface area contributed by atoms with Gasteiger partial charge in [-0.15, -0.1) is 0 Å². The van der Waals surface area contributed by atoms with Crippen LogP contribution in [0.4, 0.5) is 0 Å². The summed E-state index contributed by atoms with van der Waals surface area (Å²) in [6.07, 6.45) is 0. The second-order valence-corrected chi connectivity index (χ2v) is 7.42. The predicted molar refractivity (Wildman–Crippen MR) is 121 cm³/mol.